The van der Waals surface area contributed by atoms with Gasteiger partial charge in [-0.3, -0.25) is 0 Å². The summed E-state index contributed by atoms with van der Waals surface area (Å²) in [5, 5.41) is 0. The van der Waals surface area contributed by atoms with E-state index in [1.807, 2.05) is 6.07 Å². The van der Waals surface area contributed by atoms with Gasteiger partial charge in [-0.05, 0) is 36.0 Å². The Kier molecular flexibility index (Phi) is 4.28. The maximum atomic E-state index is 12.2. The number of nitrogens with one attached hydrogen (secondary N) is 1. The molecule has 0 unspecified atom stereocenters. The maximum Gasteiger partial charge on any atom is 0.240 e. The highest BCUT2D eigenvalue weighted by atomic mass is 32.2. The lowest BCUT2D eigenvalue weighted by Crippen LogP contribution is -2.34. The molecule has 3 N–H and O–H groups in total. The van der Waals surface area contributed by atoms with Gasteiger partial charge < -0.3 is 5.73 Å². The second kappa shape index (κ2) is 5.61. The first-order valence-corrected chi connectivity index (χ1v) is 8.22. The van der Waals surface area contributed by atoms with Crippen LogP contribution in [0.2, 0.25) is 0 Å². The van der Waals surface area contributed by atoms with Gasteiger partial charge in [0.1, 0.15) is 0 Å². The molecule has 0 bridgehead atoms. The lowest BCUT2D eigenvalue weighted by atomic mass is 9.89. The summed E-state index contributed by atoms with van der Waals surface area (Å²) in [6.07, 6.45) is 4.58. The molecule has 0 saturated heterocycles. The van der Waals surface area contributed by atoms with Crippen LogP contribution in [-0.4, -0.2) is 15.0 Å². The van der Waals surface area contributed by atoms with Crippen LogP contribution in [0.1, 0.15) is 38.2 Å². The topological polar surface area (TPSA) is 72.2 Å². The molecule has 0 aliphatic heterocycles. The Hall–Kier alpha value is -0.910. The van der Waals surface area contributed by atoms with Crippen LogP contribution >= 0.6 is 0 Å². The maximum absolute atomic E-state index is 12.2. The molecule has 0 amide bonds. The average Bonchev–Trinajstić information content (AvgIpc) is 2.84. The fraction of sp³-hybridized carbons (Fsp3) is 0.571. The summed E-state index contributed by atoms with van der Waals surface area (Å²) in [5.74, 6) is 0. The van der Waals surface area contributed by atoms with Crippen molar-refractivity contribution in [1.29, 1.82) is 0 Å². The lowest BCUT2D eigenvalue weighted by Gasteiger charge is -2.23. The monoisotopic (exact) mass is 282 g/mol. The molecule has 1 aliphatic carbocycles. The summed E-state index contributed by atoms with van der Waals surface area (Å²) in [5.41, 5.74) is 6.48. The summed E-state index contributed by atoms with van der Waals surface area (Å²) in [6.45, 7) is 3.02. The molecule has 0 atom stereocenters. The molecule has 1 aromatic carbocycles. The van der Waals surface area contributed by atoms with Crippen LogP contribution in [0.3, 0.4) is 0 Å². The van der Waals surface area contributed by atoms with Crippen molar-refractivity contribution < 1.29 is 8.42 Å². The van der Waals surface area contributed by atoms with Crippen molar-refractivity contribution in [3.05, 3.63) is 29.8 Å². The Labute approximate surface area is 115 Å². The van der Waals surface area contributed by atoms with E-state index in [9.17, 15) is 8.42 Å². The molecule has 1 aliphatic rings. The highest BCUT2D eigenvalue weighted by Gasteiger charge is 2.30. The van der Waals surface area contributed by atoms with E-state index in [1.165, 1.54) is 12.8 Å². The third-order valence-electron chi connectivity index (χ3n) is 3.94. The van der Waals surface area contributed by atoms with Gasteiger partial charge in [0, 0.05) is 13.1 Å². The largest absolute Gasteiger partial charge is 0.326 e. The van der Waals surface area contributed by atoms with E-state index in [0.717, 1.165) is 18.4 Å². The number of sulfonamides is 1. The van der Waals surface area contributed by atoms with Crippen LogP contribution in [-0.2, 0) is 16.6 Å². The second-order valence-electron chi connectivity index (χ2n) is 5.69. The molecule has 0 radical (unpaired) electrons. The molecule has 5 heteroatoms. The van der Waals surface area contributed by atoms with Gasteiger partial charge in [-0.2, -0.15) is 0 Å². The van der Waals surface area contributed by atoms with Crippen molar-refractivity contribution in [3.8, 4) is 0 Å². The van der Waals surface area contributed by atoms with Crippen molar-refractivity contribution in [3.63, 3.8) is 0 Å². The molecule has 19 heavy (non-hydrogen) atoms. The van der Waals surface area contributed by atoms with Crippen LogP contribution in [0, 0.1) is 5.41 Å². The van der Waals surface area contributed by atoms with Crippen molar-refractivity contribution in [2.75, 3.05) is 6.54 Å². The third-order valence-corrected chi connectivity index (χ3v) is 5.34. The van der Waals surface area contributed by atoms with E-state index in [0.29, 0.717) is 18.0 Å². The highest BCUT2D eigenvalue weighted by molar-refractivity contribution is 7.89. The molecule has 1 aromatic rings. The SMILES string of the molecule is CC1(CNS(=O)(=O)c2cccc(CN)c2)CCCC1. The second-order valence-corrected chi connectivity index (χ2v) is 7.46. The van der Waals surface area contributed by atoms with Crippen molar-refractivity contribution in [1.82, 2.24) is 4.72 Å². The minimum atomic E-state index is -3.42. The average molecular weight is 282 g/mol. The lowest BCUT2D eigenvalue weighted by molar-refractivity contribution is 0.336. The number of rotatable bonds is 5. The van der Waals surface area contributed by atoms with Crippen LogP contribution in [0.15, 0.2) is 29.2 Å². The Morgan fingerprint density at radius 2 is 2.00 bits per heavy atom. The number of hydrogen-bond acceptors (Lipinski definition) is 3. The van der Waals surface area contributed by atoms with E-state index in [1.54, 1.807) is 18.2 Å². The quantitative estimate of drug-likeness (QED) is 0.867. The van der Waals surface area contributed by atoms with Gasteiger partial charge in [-0.25, -0.2) is 13.1 Å². The van der Waals surface area contributed by atoms with Crippen LogP contribution in [0.4, 0.5) is 0 Å². The van der Waals surface area contributed by atoms with Crippen molar-refractivity contribution in [2.24, 2.45) is 11.1 Å². The van der Waals surface area contributed by atoms with E-state index in [2.05, 4.69) is 11.6 Å². The molecular formula is C14H22N2O2S. The molecule has 4 nitrogen and oxygen atoms in total. The Morgan fingerprint density at radius 1 is 1.32 bits per heavy atom. The third kappa shape index (κ3) is 3.55. The zero-order valence-electron chi connectivity index (χ0n) is 11.4. The fourth-order valence-electron chi connectivity index (χ4n) is 2.60. The molecule has 0 spiro atoms. The fourth-order valence-corrected chi connectivity index (χ4v) is 3.87. The first-order valence-electron chi connectivity index (χ1n) is 6.74. The predicted molar refractivity (Wildman–Crippen MR) is 76.1 cm³/mol. The summed E-state index contributed by atoms with van der Waals surface area (Å²) >= 11 is 0. The molecule has 106 valence electrons. The van der Waals surface area contributed by atoms with Crippen molar-refractivity contribution in [2.45, 2.75) is 44.0 Å². The minimum Gasteiger partial charge on any atom is -0.326 e. The normalized spacial score (nSPS) is 18.6. The van der Waals surface area contributed by atoms with Crippen LogP contribution in [0.5, 0.6) is 0 Å². The summed E-state index contributed by atoms with van der Waals surface area (Å²) in [6, 6.07) is 6.81. The van der Waals surface area contributed by atoms with E-state index in [-0.39, 0.29) is 5.41 Å². The summed E-state index contributed by atoms with van der Waals surface area (Å²) in [4.78, 5) is 0.303. The van der Waals surface area contributed by atoms with E-state index >= 15 is 0 Å². The number of benzene rings is 1. The first-order chi connectivity index (χ1) is 8.95. The highest BCUT2D eigenvalue weighted by Crippen LogP contribution is 2.36. The number of hydrogen-bond donors (Lipinski definition) is 2. The van der Waals surface area contributed by atoms with Gasteiger partial charge in [-0.1, -0.05) is 31.9 Å². The first kappa shape index (κ1) is 14.5. The zero-order valence-corrected chi connectivity index (χ0v) is 12.2. The molecular weight excluding hydrogens is 260 g/mol. The zero-order chi connectivity index (χ0) is 13.9. The van der Waals surface area contributed by atoms with Crippen LogP contribution in [0.25, 0.3) is 0 Å². The Morgan fingerprint density at radius 3 is 2.63 bits per heavy atom. The minimum absolute atomic E-state index is 0.110. The van der Waals surface area contributed by atoms with Gasteiger partial charge >= 0.3 is 0 Å². The van der Waals surface area contributed by atoms with E-state index < -0.39 is 10.0 Å². The smallest absolute Gasteiger partial charge is 0.240 e. The van der Waals surface area contributed by atoms with E-state index in [4.69, 9.17) is 5.73 Å². The summed E-state index contributed by atoms with van der Waals surface area (Å²) < 4.78 is 27.2. The van der Waals surface area contributed by atoms with Gasteiger partial charge in [-0.15, -0.1) is 0 Å². The molecule has 0 aromatic heterocycles. The Balaban J connectivity index is 2.09. The molecule has 2 rings (SSSR count). The van der Waals surface area contributed by atoms with Gasteiger partial charge in [0.05, 0.1) is 4.90 Å². The van der Waals surface area contributed by atoms with Crippen molar-refractivity contribution >= 4 is 10.0 Å². The van der Waals surface area contributed by atoms with Gasteiger partial charge in [0.2, 0.25) is 10.0 Å². The Bertz CT molecular complexity index is 534. The predicted octanol–water partition coefficient (Wildman–Crippen LogP) is 2.00. The number of nitrogens with two attached hydrogens (primary N) is 1. The molecule has 1 fully saturated rings. The van der Waals surface area contributed by atoms with Crippen LogP contribution < -0.4 is 10.5 Å². The molecule has 1 saturated carbocycles. The molecule has 0 heterocycles. The van der Waals surface area contributed by atoms with Gasteiger partial charge in [0.15, 0.2) is 0 Å². The standard InChI is InChI=1S/C14H22N2O2S/c1-14(7-2-3-8-14)11-16-19(17,18)13-6-4-5-12(9-13)10-15/h4-6,9,16H,2-3,7-8,10-11,15H2,1H3. The van der Waals surface area contributed by atoms with Gasteiger partial charge in [0.25, 0.3) is 0 Å². The summed E-state index contributed by atoms with van der Waals surface area (Å²) in [7, 11) is -3.42.